The maximum absolute atomic E-state index is 10.4. The number of likely N-dealkylation sites (tertiary alicyclic amines) is 1. The third-order valence-electron chi connectivity index (χ3n) is 3.35. The zero-order chi connectivity index (χ0) is 10.1. The third kappa shape index (κ3) is 1.98. The van der Waals surface area contributed by atoms with Crippen LogP contribution in [-0.4, -0.2) is 35.1 Å². The fourth-order valence-corrected chi connectivity index (χ4v) is 2.80. The van der Waals surface area contributed by atoms with Gasteiger partial charge in [-0.3, -0.25) is 4.90 Å². The lowest BCUT2D eigenvalue weighted by molar-refractivity contribution is -0.131. The van der Waals surface area contributed by atoms with Crippen LogP contribution in [-0.2, 0) is 4.79 Å². The van der Waals surface area contributed by atoms with Gasteiger partial charge >= 0.3 is 5.97 Å². The SMILES string of the molecule is CC(=CC(=O)O)CN1CC2CCC1C2. The maximum Gasteiger partial charge on any atom is 0.328 e. The van der Waals surface area contributed by atoms with E-state index in [0.717, 1.165) is 24.1 Å². The number of fused-ring (bicyclic) bond motifs is 2. The number of hydrogen-bond donors (Lipinski definition) is 1. The molecule has 2 rings (SSSR count). The molecular weight excluding hydrogens is 178 g/mol. The van der Waals surface area contributed by atoms with Gasteiger partial charge in [-0.2, -0.15) is 0 Å². The Hall–Kier alpha value is -0.830. The highest BCUT2D eigenvalue weighted by Gasteiger charge is 2.37. The van der Waals surface area contributed by atoms with Crippen LogP contribution in [0.15, 0.2) is 11.6 Å². The Bertz CT molecular complexity index is 272. The van der Waals surface area contributed by atoms with E-state index in [4.69, 9.17) is 5.11 Å². The number of carboxylic acids is 1. The molecule has 0 aromatic rings. The summed E-state index contributed by atoms with van der Waals surface area (Å²) >= 11 is 0. The van der Waals surface area contributed by atoms with Gasteiger partial charge in [0.05, 0.1) is 0 Å². The van der Waals surface area contributed by atoms with E-state index in [-0.39, 0.29) is 0 Å². The normalized spacial score (nSPS) is 32.5. The van der Waals surface area contributed by atoms with Crippen molar-refractivity contribution in [3.05, 3.63) is 11.6 Å². The average molecular weight is 195 g/mol. The van der Waals surface area contributed by atoms with Crippen molar-refractivity contribution >= 4 is 5.97 Å². The Morgan fingerprint density at radius 3 is 2.86 bits per heavy atom. The zero-order valence-electron chi connectivity index (χ0n) is 8.57. The largest absolute Gasteiger partial charge is 0.478 e. The van der Waals surface area contributed by atoms with E-state index in [1.807, 2.05) is 6.92 Å². The Morgan fingerprint density at radius 2 is 2.36 bits per heavy atom. The molecule has 3 heteroatoms. The van der Waals surface area contributed by atoms with Crippen LogP contribution in [0.1, 0.15) is 26.2 Å². The Morgan fingerprint density at radius 1 is 1.57 bits per heavy atom. The van der Waals surface area contributed by atoms with Crippen molar-refractivity contribution in [2.75, 3.05) is 13.1 Å². The van der Waals surface area contributed by atoms with Gasteiger partial charge in [0.25, 0.3) is 0 Å². The van der Waals surface area contributed by atoms with Crippen molar-refractivity contribution in [3.8, 4) is 0 Å². The second-order valence-electron chi connectivity index (χ2n) is 4.59. The second-order valence-corrected chi connectivity index (χ2v) is 4.59. The lowest BCUT2D eigenvalue weighted by atomic mass is 10.1. The van der Waals surface area contributed by atoms with Crippen molar-refractivity contribution in [2.24, 2.45) is 5.92 Å². The van der Waals surface area contributed by atoms with E-state index in [1.54, 1.807) is 0 Å². The molecule has 1 aliphatic carbocycles. The number of piperidine rings is 1. The third-order valence-corrected chi connectivity index (χ3v) is 3.35. The first-order valence-electron chi connectivity index (χ1n) is 5.29. The molecule has 0 aromatic heterocycles. The first kappa shape index (κ1) is 9.71. The molecule has 0 amide bonds. The summed E-state index contributed by atoms with van der Waals surface area (Å²) in [6.45, 7) is 3.92. The summed E-state index contributed by atoms with van der Waals surface area (Å²) in [6.07, 6.45) is 5.35. The van der Waals surface area contributed by atoms with E-state index in [2.05, 4.69) is 4.90 Å². The van der Waals surface area contributed by atoms with Crippen molar-refractivity contribution in [1.29, 1.82) is 0 Å². The topological polar surface area (TPSA) is 40.5 Å². The van der Waals surface area contributed by atoms with Gasteiger partial charge in [0.1, 0.15) is 0 Å². The summed E-state index contributed by atoms with van der Waals surface area (Å²) in [7, 11) is 0. The summed E-state index contributed by atoms with van der Waals surface area (Å²) in [5.74, 6) is 0.0597. The number of aliphatic carboxylic acids is 1. The van der Waals surface area contributed by atoms with Crippen molar-refractivity contribution in [1.82, 2.24) is 4.90 Å². The van der Waals surface area contributed by atoms with Crippen LogP contribution < -0.4 is 0 Å². The first-order chi connectivity index (χ1) is 6.65. The number of carboxylic acid groups (broad SMARTS) is 1. The lowest BCUT2D eigenvalue weighted by Gasteiger charge is -2.26. The van der Waals surface area contributed by atoms with Crippen molar-refractivity contribution < 1.29 is 9.90 Å². The van der Waals surface area contributed by atoms with Crippen LogP contribution in [0, 0.1) is 5.92 Å². The maximum atomic E-state index is 10.4. The highest BCUT2D eigenvalue weighted by Crippen LogP contribution is 2.37. The van der Waals surface area contributed by atoms with Crippen LogP contribution in [0.4, 0.5) is 0 Å². The summed E-state index contributed by atoms with van der Waals surface area (Å²) in [6, 6.07) is 0.733. The summed E-state index contributed by atoms with van der Waals surface area (Å²) in [5.41, 5.74) is 0.963. The predicted octanol–water partition coefficient (Wildman–Crippen LogP) is 1.50. The van der Waals surface area contributed by atoms with Gasteiger partial charge in [-0.05, 0) is 32.1 Å². The molecule has 0 spiro atoms. The minimum atomic E-state index is -0.827. The van der Waals surface area contributed by atoms with E-state index in [1.165, 1.54) is 31.9 Å². The van der Waals surface area contributed by atoms with Crippen LogP contribution in [0.25, 0.3) is 0 Å². The predicted molar refractivity (Wildman–Crippen MR) is 54.1 cm³/mol. The number of nitrogens with zero attached hydrogens (tertiary/aromatic N) is 1. The van der Waals surface area contributed by atoms with Crippen molar-refractivity contribution in [2.45, 2.75) is 32.2 Å². The van der Waals surface area contributed by atoms with Gasteiger partial charge < -0.3 is 5.11 Å². The molecule has 2 bridgehead atoms. The van der Waals surface area contributed by atoms with Crippen LogP contribution in [0.3, 0.4) is 0 Å². The van der Waals surface area contributed by atoms with E-state index < -0.39 is 5.97 Å². The van der Waals surface area contributed by atoms with Crippen LogP contribution in [0.5, 0.6) is 0 Å². The molecular formula is C11H17NO2. The fourth-order valence-electron chi connectivity index (χ4n) is 2.80. The Kier molecular flexibility index (Phi) is 2.59. The monoisotopic (exact) mass is 195 g/mol. The van der Waals surface area contributed by atoms with Crippen LogP contribution >= 0.6 is 0 Å². The number of hydrogen-bond acceptors (Lipinski definition) is 2. The summed E-state index contributed by atoms with van der Waals surface area (Å²) in [4.78, 5) is 12.9. The van der Waals surface area contributed by atoms with E-state index in [0.29, 0.717) is 0 Å². The minimum Gasteiger partial charge on any atom is -0.478 e. The van der Waals surface area contributed by atoms with Crippen molar-refractivity contribution in [3.63, 3.8) is 0 Å². The highest BCUT2D eigenvalue weighted by molar-refractivity contribution is 5.80. The molecule has 78 valence electrons. The van der Waals surface area contributed by atoms with Gasteiger partial charge in [-0.25, -0.2) is 4.79 Å². The Balaban J connectivity index is 1.89. The molecule has 0 aromatic carbocycles. The van der Waals surface area contributed by atoms with Gasteiger partial charge in [-0.1, -0.05) is 5.57 Å². The second kappa shape index (κ2) is 3.73. The molecule has 1 saturated carbocycles. The first-order valence-corrected chi connectivity index (χ1v) is 5.29. The molecule has 2 aliphatic rings. The summed E-state index contributed by atoms with van der Waals surface area (Å²) < 4.78 is 0. The molecule has 1 saturated heterocycles. The van der Waals surface area contributed by atoms with Crippen LogP contribution in [0.2, 0.25) is 0 Å². The average Bonchev–Trinajstić information content (AvgIpc) is 2.62. The number of rotatable bonds is 3. The van der Waals surface area contributed by atoms with Gasteiger partial charge in [-0.15, -0.1) is 0 Å². The van der Waals surface area contributed by atoms with Gasteiger partial charge in [0.15, 0.2) is 0 Å². The summed E-state index contributed by atoms with van der Waals surface area (Å²) in [5, 5.41) is 8.59. The molecule has 2 fully saturated rings. The minimum absolute atomic E-state index is 0.733. The molecule has 1 heterocycles. The highest BCUT2D eigenvalue weighted by atomic mass is 16.4. The fraction of sp³-hybridized carbons (Fsp3) is 0.727. The van der Waals surface area contributed by atoms with E-state index in [9.17, 15) is 4.79 Å². The zero-order valence-corrected chi connectivity index (χ0v) is 8.57. The lowest BCUT2D eigenvalue weighted by Crippen LogP contribution is -2.33. The Labute approximate surface area is 84.4 Å². The smallest absolute Gasteiger partial charge is 0.328 e. The standard InChI is InChI=1S/C11H17NO2/c1-8(4-11(13)14)6-12-7-9-2-3-10(12)5-9/h4,9-10H,2-3,5-7H2,1H3,(H,13,14). The van der Waals surface area contributed by atoms with Gasteiger partial charge in [0.2, 0.25) is 0 Å². The molecule has 1 N–H and O–H groups in total. The van der Waals surface area contributed by atoms with Gasteiger partial charge in [0, 0.05) is 25.2 Å². The molecule has 3 nitrogen and oxygen atoms in total. The molecule has 14 heavy (non-hydrogen) atoms. The molecule has 0 radical (unpaired) electrons. The molecule has 2 atom stereocenters. The quantitative estimate of drug-likeness (QED) is 0.694. The number of carbonyl (C=O) groups is 1. The molecule has 1 aliphatic heterocycles. The van der Waals surface area contributed by atoms with E-state index >= 15 is 0 Å². The molecule has 2 unspecified atom stereocenters.